The number of hydrogen-bond donors (Lipinski definition) is 1. The molecule has 0 heterocycles. The summed E-state index contributed by atoms with van der Waals surface area (Å²) in [5.41, 5.74) is 0. The molecule has 0 aliphatic carbocycles. The van der Waals surface area contributed by atoms with Crippen molar-refractivity contribution >= 4 is 16.1 Å². The molecule has 0 bridgehead atoms. The summed E-state index contributed by atoms with van der Waals surface area (Å²) in [6.07, 6.45) is 0.590. The van der Waals surface area contributed by atoms with Crippen LogP contribution in [0.5, 0.6) is 0 Å². The first-order valence-corrected chi connectivity index (χ1v) is 7.26. The maximum Gasteiger partial charge on any atom is 0.316 e. The molecule has 0 saturated carbocycles. The highest BCUT2D eigenvalue weighted by atomic mass is 32.2. The first kappa shape index (κ1) is 17.1. The predicted octanol–water partition coefficient (Wildman–Crippen LogP) is 0.808. The molecule has 106 valence electrons. The average Bonchev–Trinajstić information content (AvgIpc) is 2.11. The second kappa shape index (κ2) is 6.86. The van der Waals surface area contributed by atoms with E-state index in [9.17, 15) is 13.2 Å². The van der Waals surface area contributed by atoms with Gasteiger partial charge in [0.1, 0.15) is 0 Å². The third-order valence-electron chi connectivity index (χ3n) is 2.38. The van der Waals surface area contributed by atoms with Crippen molar-refractivity contribution in [2.24, 2.45) is 0 Å². The zero-order valence-corrected chi connectivity index (χ0v) is 12.0. The van der Waals surface area contributed by atoms with E-state index >= 15 is 0 Å². The normalized spacial score (nSPS) is 12.2. The van der Waals surface area contributed by atoms with Crippen LogP contribution in [0.3, 0.4) is 0 Å². The highest BCUT2D eigenvalue weighted by molar-refractivity contribution is 7.85. The van der Waals surface area contributed by atoms with Gasteiger partial charge in [0.2, 0.25) is 0 Å². The number of allylic oxidation sites excluding steroid dienone is 1. The highest BCUT2D eigenvalue weighted by Gasteiger charge is 2.18. The lowest BCUT2D eigenvalue weighted by Crippen LogP contribution is -2.42. The first-order chi connectivity index (χ1) is 8.02. The van der Waals surface area contributed by atoms with Gasteiger partial charge in [-0.1, -0.05) is 6.58 Å². The molecule has 0 amide bonds. The third kappa shape index (κ3) is 10.2. The fraction of sp³-hybridized carbons (Fsp3) is 0.727. The number of ether oxygens (including phenoxy) is 1. The van der Waals surface area contributed by atoms with Gasteiger partial charge >= 0.3 is 5.97 Å². The zero-order chi connectivity index (χ0) is 14.4. The monoisotopic (exact) mass is 280 g/mol. The summed E-state index contributed by atoms with van der Waals surface area (Å²) >= 11 is 0. The highest BCUT2D eigenvalue weighted by Crippen LogP contribution is 2.05. The van der Waals surface area contributed by atoms with Crippen molar-refractivity contribution in [3.8, 4) is 0 Å². The average molecular weight is 280 g/mol. The Morgan fingerprint density at radius 3 is 2.33 bits per heavy atom. The maximum atomic E-state index is 11.3. The van der Waals surface area contributed by atoms with Crippen LogP contribution in [-0.4, -0.2) is 56.4 Å². The molecule has 0 radical (unpaired) electrons. The van der Waals surface area contributed by atoms with E-state index in [1.54, 1.807) is 6.92 Å². The summed E-state index contributed by atoms with van der Waals surface area (Å²) in [5, 5.41) is 0. The summed E-state index contributed by atoms with van der Waals surface area (Å²) < 4.78 is 35.1. The molecule has 0 aromatic heterocycles. The van der Waals surface area contributed by atoms with E-state index in [1.807, 2.05) is 14.1 Å². The van der Waals surface area contributed by atoms with Crippen molar-refractivity contribution in [3.63, 3.8) is 0 Å². The molecule has 6 nitrogen and oxygen atoms in total. The van der Waals surface area contributed by atoms with Gasteiger partial charge in [-0.15, -0.1) is 0 Å². The molecule has 7 heteroatoms. The van der Waals surface area contributed by atoms with E-state index in [1.165, 1.54) is 0 Å². The molecule has 0 aromatic carbocycles. The minimum absolute atomic E-state index is 0.242. The maximum absolute atomic E-state index is 11.3. The second-order valence-corrected chi connectivity index (χ2v) is 6.52. The van der Waals surface area contributed by atoms with Crippen LogP contribution in [-0.2, 0) is 19.6 Å². The molecule has 18 heavy (non-hydrogen) atoms. The third-order valence-corrected chi connectivity index (χ3v) is 3.18. The van der Waals surface area contributed by atoms with Crippen LogP contribution in [0.1, 0.15) is 19.8 Å². The van der Waals surface area contributed by atoms with E-state index in [-0.39, 0.29) is 18.1 Å². The lowest BCUT2D eigenvalue weighted by Gasteiger charge is -2.29. The van der Waals surface area contributed by atoms with E-state index < -0.39 is 10.1 Å². The van der Waals surface area contributed by atoms with Crippen molar-refractivity contribution < 1.29 is 27.0 Å². The zero-order valence-electron chi connectivity index (χ0n) is 11.2. The van der Waals surface area contributed by atoms with Gasteiger partial charge in [0.15, 0.2) is 0 Å². The Bertz CT molecular complexity index is 400. The van der Waals surface area contributed by atoms with E-state index in [0.29, 0.717) is 29.8 Å². The molecular weight excluding hydrogens is 258 g/mol. The van der Waals surface area contributed by atoms with Gasteiger partial charge in [0.05, 0.1) is 45.1 Å². The lowest BCUT2D eigenvalue weighted by atomic mass is 10.3. The quantitative estimate of drug-likeness (QED) is 0.308. The Balaban J connectivity index is 4.00. The lowest BCUT2D eigenvalue weighted by molar-refractivity contribution is -0.889. The van der Waals surface area contributed by atoms with Crippen LogP contribution in [0.25, 0.3) is 0 Å². The molecule has 0 aliphatic rings. The number of hydrogen-bond acceptors (Lipinski definition) is 4. The van der Waals surface area contributed by atoms with Gasteiger partial charge in [-0.3, -0.25) is 9.35 Å². The van der Waals surface area contributed by atoms with Crippen molar-refractivity contribution in [1.82, 2.24) is 0 Å². The first-order valence-electron chi connectivity index (χ1n) is 5.65. The molecular formula is C11H22NO5S+. The van der Waals surface area contributed by atoms with Gasteiger partial charge in [-0.25, -0.2) is 0 Å². The van der Waals surface area contributed by atoms with Crippen LogP contribution >= 0.6 is 0 Å². The van der Waals surface area contributed by atoms with Crippen LogP contribution in [0.15, 0.2) is 12.3 Å². The summed E-state index contributed by atoms with van der Waals surface area (Å²) in [7, 11) is -0.133. The molecule has 0 saturated heterocycles. The summed E-state index contributed by atoms with van der Waals surface area (Å²) in [6.45, 7) is 6.17. The van der Waals surface area contributed by atoms with Crippen molar-refractivity contribution in [2.45, 2.75) is 19.8 Å². The molecule has 0 atom stereocenters. The molecule has 0 fully saturated rings. The van der Waals surface area contributed by atoms with Gasteiger partial charge < -0.3 is 9.22 Å². The fourth-order valence-corrected chi connectivity index (χ4v) is 1.92. The van der Waals surface area contributed by atoms with Crippen LogP contribution in [0, 0.1) is 0 Å². The van der Waals surface area contributed by atoms with Gasteiger partial charge in [-0.05, 0) is 6.92 Å². The van der Waals surface area contributed by atoms with Gasteiger partial charge in [-0.2, -0.15) is 8.42 Å². The largest absolute Gasteiger partial charge is 0.432 e. The van der Waals surface area contributed by atoms with Crippen molar-refractivity contribution in [1.29, 1.82) is 0 Å². The summed E-state index contributed by atoms with van der Waals surface area (Å²) in [5.74, 6) is -0.245. The molecule has 0 unspecified atom stereocenters. The molecule has 0 rings (SSSR count). The van der Waals surface area contributed by atoms with E-state index in [4.69, 9.17) is 9.29 Å². The van der Waals surface area contributed by atoms with Crippen molar-refractivity contribution in [2.75, 3.05) is 32.9 Å². The number of carbonyl (C=O) groups excluding carboxylic acids is 1. The minimum Gasteiger partial charge on any atom is -0.432 e. The van der Waals surface area contributed by atoms with E-state index in [2.05, 4.69) is 6.58 Å². The van der Waals surface area contributed by atoms with Crippen LogP contribution < -0.4 is 0 Å². The van der Waals surface area contributed by atoms with Crippen molar-refractivity contribution in [3.05, 3.63) is 12.3 Å². The SMILES string of the molecule is C=C(C)OC(=O)CC[N+](C)(C)CCCS(=O)(=O)O. The van der Waals surface area contributed by atoms with Gasteiger partial charge in [0, 0.05) is 6.42 Å². The van der Waals surface area contributed by atoms with E-state index in [0.717, 1.165) is 0 Å². The Hall–Kier alpha value is -0.920. The number of carbonyl (C=O) groups is 1. The number of nitrogens with zero attached hydrogens (tertiary/aromatic N) is 1. The summed E-state index contributed by atoms with van der Waals surface area (Å²) in [4.78, 5) is 11.3. The minimum atomic E-state index is -3.91. The number of rotatable bonds is 8. The van der Waals surface area contributed by atoms with Gasteiger partial charge in [0.25, 0.3) is 10.1 Å². The second-order valence-electron chi connectivity index (χ2n) is 4.95. The fourth-order valence-electron chi connectivity index (χ4n) is 1.43. The van der Waals surface area contributed by atoms with Crippen LogP contribution in [0.4, 0.5) is 0 Å². The standard InChI is InChI=1S/C11H21NO5S/c1-10(2)17-11(13)6-8-12(3,4)7-5-9-18(14,15)16/h1,5-9H2,2-4H3/p+1. The number of esters is 1. The Kier molecular flexibility index (Phi) is 6.51. The number of quaternary nitrogens is 1. The Morgan fingerprint density at radius 1 is 1.33 bits per heavy atom. The molecule has 0 aromatic rings. The molecule has 1 N–H and O–H groups in total. The molecule has 0 aliphatic heterocycles. The Morgan fingerprint density at radius 2 is 1.89 bits per heavy atom. The molecule has 0 spiro atoms. The summed E-state index contributed by atoms with van der Waals surface area (Å²) in [6, 6.07) is 0. The topological polar surface area (TPSA) is 80.7 Å². The Labute approximate surface area is 109 Å². The smallest absolute Gasteiger partial charge is 0.316 e. The van der Waals surface area contributed by atoms with Crippen LogP contribution in [0.2, 0.25) is 0 Å². The predicted molar refractivity (Wildman–Crippen MR) is 68.4 cm³/mol.